The van der Waals surface area contributed by atoms with Crippen LogP contribution < -0.4 is 5.73 Å². The van der Waals surface area contributed by atoms with Gasteiger partial charge in [0, 0.05) is 6.20 Å². The molecule has 98 valence electrons. The van der Waals surface area contributed by atoms with Gasteiger partial charge in [0.25, 0.3) is 0 Å². The molecule has 0 aliphatic rings. The lowest BCUT2D eigenvalue weighted by Gasteiger charge is -2.07. The topological polar surface area (TPSA) is 76.2 Å². The van der Waals surface area contributed by atoms with Crippen molar-refractivity contribution in [3.8, 4) is 0 Å². The Bertz CT molecular complexity index is 650. The molecule has 1 aromatic carbocycles. The van der Waals surface area contributed by atoms with Crippen LogP contribution in [0.1, 0.15) is 10.4 Å². The van der Waals surface area contributed by atoms with Gasteiger partial charge in [0.1, 0.15) is 16.7 Å². The Morgan fingerprint density at radius 1 is 1.32 bits per heavy atom. The predicted octanol–water partition coefficient (Wildman–Crippen LogP) is 2.79. The van der Waals surface area contributed by atoms with E-state index in [1.807, 2.05) is 0 Å². The zero-order valence-corrected chi connectivity index (χ0v) is 10.2. The van der Waals surface area contributed by atoms with Gasteiger partial charge in [-0.3, -0.25) is 0 Å². The first-order valence-corrected chi connectivity index (χ1v) is 5.91. The van der Waals surface area contributed by atoms with Gasteiger partial charge in [-0.05, 0) is 24.3 Å². The average molecular weight is 282 g/mol. The number of benzene rings is 1. The third kappa shape index (κ3) is 2.82. The molecular formula is C12H8F2N2O2S. The highest BCUT2D eigenvalue weighted by atomic mass is 32.2. The Balaban J connectivity index is 2.41. The highest BCUT2D eigenvalue weighted by molar-refractivity contribution is 7.99. The molecule has 1 aromatic heterocycles. The Kier molecular flexibility index (Phi) is 3.66. The molecule has 0 aliphatic carbocycles. The summed E-state index contributed by atoms with van der Waals surface area (Å²) in [6.45, 7) is 0. The minimum absolute atomic E-state index is 0.0123. The summed E-state index contributed by atoms with van der Waals surface area (Å²) < 4.78 is 26.5. The largest absolute Gasteiger partial charge is 0.478 e. The van der Waals surface area contributed by atoms with Crippen LogP contribution in [-0.4, -0.2) is 16.1 Å². The maximum atomic E-state index is 13.5. The van der Waals surface area contributed by atoms with E-state index in [9.17, 15) is 13.6 Å². The quantitative estimate of drug-likeness (QED) is 0.905. The second-order valence-electron chi connectivity index (χ2n) is 3.56. The number of nitrogens with zero attached hydrogens (tertiary/aromatic N) is 1. The van der Waals surface area contributed by atoms with Gasteiger partial charge >= 0.3 is 5.97 Å². The molecule has 0 aliphatic heterocycles. The number of anilines is 1. The fraction of sp³-hybridized carbons (Fsp3) is 0. The first-order chi connectivity index (χ1) is 8.99. The Labute approximate surface area is 111 Å². The molecule has 0 amide bonds. The van der Waals surface area contributed by atoms with Crippen LogP contribution in [0.2, 0.25) is 0 Å². The molecule has 0 bridgehead atoms. The number of halogens is 2. The second-order valence-corrected chi connectivity index (χ2v) is 4.59. The molecule has 4 nitrogen and oxygen atoms in total. The van der Waals surface area contributed by atoms with Gasteiger partial charge in [-0.1, -0.05) is 11.8 Å². The highest BCUT2D eigenvalue weighted by Crippen LogP contribution is 2.33. The van der Waals surface area contributed by atoms with Crippen molar-refractivity contribution in [3.05, 3.63) is 47.7 Å². The number of aromatic nitrogens is 1. The number of carboxylic acids is 1. The summed E-state index contributed by atoms with van der Waals surface area (Å²) in [7, 11) is 0. The summed E-state index contributed by atoms with van der Waals surface area (Å²) >= 11 is 0.772. The number of rotatable bonds is 3. The molecule has 0 unspecified atom stereocenters. The molecule has 0 fully saturated rings. The molecule has 0 atom stereocenters. The molecule has 3 N–H and O–H groups in total. The lowest BCUT2D eigenvalue weighted by Crippen LogP contribution is -2.04. The SMILES string of the molecule is Nc1c(C(=O)O)ccnc1Sc1cc(F)ccc1F. The van der Waals surface area contributed by atoms with Crippen molar-refractivity contribution < 1.29 is 18.7 Å². The maximum absolute atomic E-state index is 13.5. The summed E-state index contributed by atoms with van der Waals surface area (Å²) in [5.41, 5.74) is 5.43. The molecule has 0 radical (unpaired) electrons. The minimum Gasteiger partial charge on any atom is -0.478 e. The number of hydrogen-bond donors (Lipinski definition) is 2. The zero-order chi connectivity index (χ0) is 14.0. The second kappa shape index (κ2) is 5.23. The lowest BCUT2D eigenvalue weighted by molar-refractivity contribution is 0.0697. The van der Waals surface area contributed by atoms with Gasteiger partial charge in [-0.15, -0.1) is 0 Å². The smallest absolute Gasteiger partial charge is 0.337 e. The fourth-order valence-electron chi connectivity index (χ4n) is 1.38. The number of carbonyl (C=O) groups is 1. The molecule has 0 saturated carbocycles. The van der Waals surface area contributed by atoms with Crippen LogP contribution in [0.4, 0.5) is 14.5 Å². The summed E-state index contributed by atoms with van der Waals surface area (Å²) in [5, 5.41) is 9.02. The van der Waals surface area contributed by atoms with E-state index in [2.05, 4.69) is 4.98 Å². The highest BCUT2D eigenvalue weighted by Gasteiger charge is 2.15. The van der Waals surface area contributed by atoms with Gasteiger partial charge in [-0.2, -0.15) is 0 Å². The summed E-state index contributed by atoms with van der Waals surface area (Å²) in [4.78, 5) is 14.8. The number of hydrogen-bond acceptors (Lipinski definition) is 4. The summed E-state index contributed by atoms with van der Waals surface area (Å²) in [6.07, 6.45) is 1.25. The standard InChI is InChI=1S/C12H8F2N2O2S/c13-6-1-2-8(14)9(5-6)19-11-10(15)7(12(17)18)3-4-16-11/h1-5H,15H2,(H,17,18). The van der Waals surface area contributed by atoms with Gasteiger partial charge in [0.2, 0.25) is 0 Å². The third-order valence-corrected chi connectivity index (χ3v) is 3.34. The van der Waals surface area contributed by atoms with Crippen molar-refractivity contribution in [1.29, 1.82) is 0 Å². The number of carboxylic acid groups (broad SMARTS) is 1. The Morgan fingerprint density at radius 2 is 2.05 bits per heavy atom. The van der Waals surface area contributed by atoms with Crippen LogP contribution in [0.3, 0.4) is 0 Å². The number of nitrogens with two attached hydrogens (primary N) is 1. The van der Waals surface area contributed by atoms with E-state index in [4.69, 9.17) is 10.8 Å². The van der Waals surface area contributed by atoms with Crippen LogP contribution in [0.25, 0.3) is 0 Å². The molecule has 2 aromatic rings. The van der Waals surface area contributed by atoms with Crippen LogP contribution >= 0.6 is 11.8 Å². The van der Waals surface area contributed by atoms with Crippen LogP contribution in [-0.2, 0) is 0 Å². The third-order valence-electron chi connectivity index (χ3n) is 2.28. The van der Waals surface area contributed by atoms with Crippen molar-refractivity contribution in [2.24, 2.45) is 0 Å². The molecule has 1 heterocycles. The molecule has 19 heavy (non-hydrogen) atoms. The number of nitrogen functional groups attached to an aromatic ring is 1. The van der Waals surface area contributed by atoms with Gasteiger partial charge in [-0.25, -0.2) is 18.6 Å². The van der Waals surface area contributed by atoms with E-state index in [0.29, 0.717) is 0 Å². The lowest BCUT2D eigenvalue weighted by atomic mass is 10.2. The van der Waals surface area contributed by atoms with E-state index in [0.717, 1.165) is 30.0 Å². The Morgan fingerprint density at radius 3 is 2.74 bits per heavy atom. The van der Waals surface area contributed by atoms with Gasteiger partial charge in [0.05, 0.1) is 16.1 Å². The van der Waals surface area contributed by atoms with Gasteiger partial charge < -0.3 is 10.8 Å². The monoisotopic (exact) mass is 282 g/mol. The predicted molar refractivity (Wildman–Crippen MR) is 66.1 cm³/mol. The van der Waals surface area contributed by atoms with Crippen LogP contribution in [0.5, 0.6) is 0 Å². The van der Waals surface area contributed by atoms with E-state index in [-0.39, 0.29) is 21.2 Å². The van der Waals surface area contributed by atoms with E-state index < -0.39 is 17.6 Å². The van der Waals surface area contributed by atoms with Crippen molar-refractivity contribution in [2.45, 2.75) is 9.92 Å². The molecule has 7 heteroatoms. The molecule has 0 saturated heterocycles. The van der Waals surface area contributed by atoms with Crippen LogP contribution in [0.15, 0.2) is 40.4 Å². The van der Waals surface area contributed by atoms with Crippen molar-refractivity contribution >= 4 is 23.4 Å². The summed E-state index contributed by atoms with van der Waals surface area (Å²) in [5.74, 6) is -2.44. The van der Waals surface area contributed by atoms with Crippen molar-refractivity contribution in [2.75, 3.05) is 5.73 Å². The fourth-order valence-corrected chi connectivity index (χ4v) is 2.26. The van der Waals surface area contributed by atoms with Crippen molar-refractivity contribution in [3.63, 3.8) is 0 Å². The first-order valence-electron chi connectivity index (χ1n) is 5.09. The number of pyridine rings is 1. The minimum atomic E-state index is -1.21. The van der Waals surface area contributed by atoms with E-state index >= 15 is 0 Å². The normalized spacial score (nSPS) is 10.4. The maximum Gasteiger partial charge on any atom is 0.337 e. The van der Waals surface area contributed by atoms with Gasteiger partial charge in [0.15, 0.2) is 0 Å². The van der Waals surface area contributed by atoms with Crippen molar-refractivity contribution in [1.82, 2.24) is 4.98 Å². The summed E-state index contributed by atoms with van der Waals surface area (Å²) in [6, 6.07) is 4.21. The molecular weight excluding hydrogens is 274 g/mol. The zero-order valence-electron chi connectivity index (χ0n) is 9.43. The number of aromatic carboxylic acids is 1. The van der Waals surface area contributed by atoms with E-state index in [1.54, 1.807) is 0 Å². The first kappa shape index (κ1) is 13.3. The Hall–Kier alpha value is -2.15. The van der Waals surface area contributed by atoms with Crippen LogP contribution in [0, 0.1) is 11.6 Å². The molecule has 2 rings (SSSR count). The average Bonchev–Trinajstić information content (AvgIpc) is 2.36. The molecule has 0 spiro atoms. The van der Waals surface area contributed by atoms with E-state index in [1.165, 1.54) is 12.3 Å².